The van der Waals surface area contributed by atoms with Gasteiger partial charge in [0, 0.05) is 10.5 Å². The molecule has 2 rings (SSSR count). The van der Waals surface area contributed by atoms with Crippen molar-refractivity contribution in [3.63, 3.8) is 0 Å². The predicted octanol–water partition coefficient (Wildman–Crippen LogP) is 4.64. The van der Waals surface area contributed by atoms with Gasteiger partial charge in [0.2, 0.25) is 0 Å². The standard InChI is InChI=1S/C14H12BrNO2/c1-9-7-11(15)8-10(2)14(9)12-5-3-4-6-13(12)16(17)18/h3-8H,1-2H3. The number of benzene rings is 2. The van der Waals surface area contributed by atoms with Crippen LogP contribution in [-0.2, 0) is 0 Å². The van der Waals surface area contributed by atoms with Crippen LogP contribution in [0.3, 0.4) is 0 Å². The minimum absolute atomic E-state index is 0.144. The van der Waals surface area contributed by atoms with Crippen molar-refractivity contribution in [2.75, 3.05) is 0 Å². The second-order valence-corrected chi connectivity index (χ2v) is 5.10. The van der Waals surface area contributed by atoms with Gasteiger partial charge in [0.25, 0.3) is 5.69 Å². The molecule has 0 spiro atoms. The topological polar surface area (TPSA) is 43.1 Å². The fourth-order valence-electron chi connectivity index (χ4n) is 2.18. The molecule has 0 bridgehead atoms. The van der Waals surface area contributed by atoms with E-state index in [0.29, 0.717) is 5.56 Å². The van der Waals surface area contributed by atoms with Crippen LogP contribution in [0.4, 0.5) is 5.69 Å². The van der Waals surface area contributed by atoms with Crippen LogP contribution in [0, 0.1) is 24.0 Å². The minimum Gasteiger partial charge on any atom is -0.258 e. The van der Waals surface area contributed by atoms with Crippen molar-refractivity contribution in [2.24, 2.45) is 0 Å². The van der Waals surface area contributed by atoms with Crippen LogP contribution in [0.2, 0.25) is 0 Å². The van der Waals surface area contributed by atoms with E-state index in [1.807, 2.05) is 32.0 Å². The maximum absolute atomic E-state index is 11.1. The molecule has 0 radical (unpaired) electrons. The van der Waals surface area contributed by atoms with Crippen molar-refractivity contribution in [3.8, 4) is 11.1 Å². The highest BCUT2D eigenvalue weighted by atomic mass is 79.9. The molecule has 92 valence electrons. The highest BCUT2D eigenvalue weighted by Crippen LogP contribution is 2.35. The second-order valence-electron chi connectivity index (χ2n) is 4.19. The van der Waals surface area contributed by atoms with E-state index >= 15 is 0 Å². The van der Waals surface area contributed by atoms with E-state index in [1.54, 1.807) is 12.1 Å². The summed E-state index contributed by atoms with van der Waals surface area (Å²) in [6.45, 7) is 3.92. The largest absolute Gasteiger partial charge is 0.277 e. The number of nitro benzene ring substituents is 1. The Morgan fingerprint density at radius 1 is 1.11 bits per heavy atom. The summed E-state index contributed by atoms with van der Waals surface area (Å²) in [5, 5.41) is 11.1. The van der Waals surface area contributed by atoms with Crippen molar-refractivity contribution in [2.45, 2.75) is 13.8 Å². The third-order valence-electron chi connectivity index (χ3n) is 2.87. The lowest BCUT2D eigenvalue weighted by atomic mass is 9.95. The van der Waals surface area contributed by atoms with Crippen LogP contribution in [-0.4, -0.2) is 4.92 Å². The van der Waals surface area contributed by atoms with Crippen LogP contribution in [0.5, 0.6) is 0 Å². The lowest BCUT2D eigenvalue weighted by molar-refractivity contribution is -0.384. The molecule has 0 aliphatic heterocycles. The Morgan fingerprint density at radius 3 is 2.22 bits per heavy atom. The van der Waals surface area contributed by atoms with Gasteiger partial charge < -0.3 is 0 Å². The first-order valence-corrected chi connectivity index (χ1v) is 6.30. The van der Waals surface area contributed by atoms with Crippen molar-refractivity contribution in [1.82, 2.24) is 0 Å². The average Bonchev–Trinajstić information content (AvgIpc) is 2.28. The molecule has 0 aliphatic rings. The van der Waals surface area contributed by atoms with Gasteiger partial charge in [0.15, 0.2) is 0 Å². The molecule has 0 atom stereocenters. The highest BCUT2D eigenvalue weighted by molar-refractivity contribution is 9.10. The summed E-state index contributed by atoms with van der Waals surface area (Å²) < 4.78 is 0.986. The van der Waals surface area contributed by atoms with Gasteiger partial charge in [-0.15, -0.1) is 0 Å². The van der Waals surface area contributed by atoms with Crippen LogP contribution in [0.15, 0.2) is 40.9 Å². The van der Waals surface area contributed by atoms with Gasteiger partial charge in [-0.3, -0.25) is 10.1 Å². The van der Waals surface area contributed by atoms with Crippen LogP contribution < -0.4 is 0 Å². The number of para-hydroxylation sites is 1. The summed E-state index contributed by atoms with van der Waals surface area (Å²) in [7, 11) is 0. The Balaban J connectivity index is 2.74. The molecule has 0 aliphatic carbocycles. The average molecular weight is 306 g/mol. The molecule has 0 N–H and O–H groups in total. The van der Waals surface area contributed by atoms with Crippen molar-refractivity contribution in [3.05, 3.63) is 62.1 Å². The second kappa shape index (κ2) is 4.90. The molecule has 0 unspecified atom stereocenters. The molecule has 3 nitrogen and oxygen atoms in total. The Hall–Kier alpha value is -1.68. The lowest BCUT2D eigenvalue weighted by Gasteiger charge is -2.11. The lowest BCUT2D eigenvalue weighted by Crippen LogP contribution is -1.95. The van der Waals surface area contributed by atoms with E-state index in [2.05, 4.69) is 15.9 Å². The van der Waals surface area contributed by atoms with Crippen LogP contribution >= 0.6 is 15.9 Å². The van der Waals surface area contributed by atoms with E-state index in [4.69, 9.17) is 0 Å². The van der Waals surface area contributed by atoms with Crippen molar-refractivity contribution < 1.29 is 4.92 Å². The zero-order valence-corrected chi connectivity index (χ0v) is 11.7. The molecule has 2 aromatic rings. The summed E-state index contributed by atoms with van der Waals surface area (Å²) >= 11 is 3.43. The fraction of sp³-hybridized carbons (Fsp3) is 0.143. The molecule has 0 fully saturated rings. The minimum atomic E-state index is -0.337. The van der Waals surface area contributed by atoms with Gasteiger partial charge in [0.1, 0.15) is 0 Å². The maximum atomic E-state index is 11.1. The molecule has 0 amide bonds. The fourth-order valence-corrected chi connectivity index (χ4v) is 2.87. The van der Waals surface area contributed by atoms with Gasteiger partial charge in [-0.1, -0.05) is 28.1 Å². The zero-order chi connectivity index (χ0) is 13.3. The first-order chi connectivity index (χ1) is 8.50. The predicted molar refractivity (Wildman–Crippen MR) is 75.7 cm³/mol. The molecule has 18 heavy (non-hydrogen) atoms. The van der Waals surface area contributed by atoms with Crippen LogP contribution in [0.1, 0.15) is 11.1 Å². The van der Waals surface area contributed by atoms with E-state index < -0.39 is 0 Å². The summed E-state index contributed by atoms with van der Waals surface area (Å²) in [6, 6.07) is 10.8. The van der Waals surface area contributed by atoms with Gasteiger partial charge in [-0.25, -0.2) is 0 Å². The van der Waals surface area contributed by atoms with Crippen LogP contribution in [0.25, 0.3) is 11.1 Å². The number of hydrogen-bond donors (Lipinski definition) is 0. The Morgan fingerprint density at radius 2 is 1.67 bits per heavy atom. The van der Waals surface area contributed by atoms with E-state index in [9.17, 15) is 10.1 Å². The summed E-state index contributed by atoms with van der Waals surface area (Å²) in [6.07, 6.45) is 0. The smallest absolute Gasteiger partial charge is 0.258 e. The maximum Gasteiger partial charge on any atom is 0.277 e. The summed E-state index contributed by atoms with van der Waals surface area (Å²) in [5.74, 6) is 0. The molecule has 0 aromatic heterocycles. The Kier molecular flexibility index (Phi) is 3.48. The Labute approximate surface area is 114 Å². The SMILES string of the molecule is Cc1cc(Br)cc(C)c1-c1ccccc1[N+](=O)[O-]. The number of hydrogen-bond acceptors (Lipinski definition) is 2. The van der Waals surface area contributed by atoms with E-state index in [0.717, 1.165) is 21.2 Å². The number of halogens is 1. The highest BCUT2D eigenvalue weighted by Gasteiger charge is 2.17. The number of nitrogens with zero attached hydrogens (tertiary/aromatic N) is 1. The number of rotatable bonds is 2. The third kappa shape index (κ3) is 2.29. The first-order valence-electron chi connectivity index (χ1n) is 5.51. The molecule has 4 heteroatoms. The summed E-state index contributed by atoms with van der Waals surface area (Å²) in [4.78, 5) is 10.7. The number of nitro groups is 1. The molecule has 2 aromatic carbocycles. The molecule has 0 saturated carbocycles. The zero-order valence-electron chi connectivity index (χ0n) is 10.1. The van der Waals surface area contributed by atoms with Gasteiger partial charge in [0.05, 0.1) is 10.5 Å². The van der Waals surface area contributed by atoms with E-state index in [1.165, 1.54) is 6.07 Å². The molecule has 0 saturated heterocycles. The normalized spacial score (nSPS) is 10.4. The van der Waals surface area contributed by atoms with Crippen molar-refractivity contribution in [1.29, 1.82) is 0 Å². The number of aryl methyl sites for hydroxylation is 2. The van der Waals surface area contributed by atoms with Gasteiger partial charge in [-0.2, -0.15) is 0 Å². The van der Waals surface area contributed by atoms with Gasteiger partial charge in [-0.05, 0) is 48.7 Å². The third-order valence-corrected chi connectivity index (χ3v) is 3.33. The van der Waals surface area contributed by atoms with E-state index in [-0.39, 0.29) is 10.6 Å². The van der Waals surface area contributed by atoms with Crippen molar-refractivity contribution >= 4 is 21.6 Å². The quantitative estimate of drug-likeness (QED) is 0.599. The molecular formula is C14H12BrNO2. The van der Waals surface area contributed by atoms with Gasteiger partial charge >= 0.3 is 0 Å². The molecule has 0 heterocycles. The monoisotopic (exact) mass is 305 g/mol. The Bertz CT molecular complexity index is 600. The molecular weight excluding hydrogens is 294 g/mol. The summed E-state index contributed by atoms with van der Waals surface area (Å²) in [5.41, 5.74) is 3.80. The first kappa shape index (κ1) is 12.8.